The lowest BCUT2D eigenvalue weighted by atomic mass is 10.2. The van der Waals surface area contributed by atoms with Crippen LogP contribution in [-0.4, -0.2) is 46.2 Å². The van der Waals surface area contributed by atoms with E-state index in [1.165, 1.54) is 0 Å². The molecule has 0 aliphatic carbocycles. The third-order valence-corrected chi connectivity index (χ3v) is 5.15. The van der Waals surface area contributed by atoms with Crippen LogP contribution in [0.15, 0.2) is 24.3 Å². The molecule has 112 valence electrons. The van der Waals surface area contributed by atoms with E-state index in [0.717, 1.165) is 12.8 Å². The third-order valence-electron chi connectivity index (χ3n) is 3.32. The maximum atomic E-state index is 11.5. The SMILES string of the molecule is COc1ccccc1OCCNC1CCCS(=O)(=O)C1. The van der Waals surface area contributed by atoms with Crippen molar-refractivity contribution < 1.29 is 17.9 Å². The Balaban J connectivity index is 1.74. The Morgan fingerprint density at radius 3 is 2.75 bits per heavy atom. The number of ether oxygens (including phenoxy) is 2. The summed E-state index contributed by atoms with van der Waals surface area (Å²) in [6.45, 7) is 1.11. The summed E-state index contributed by atoms with van der Waals surface area (Å²) in [5, 5.41) is 3.24. The van der Waals surface area contributed by atoms with E-state index in [-0.39, 0.29) is 11.8 Å². The number of sulfone groups is 1. The first-order valence-electron chi connectivity index (χ1n) is 6.80. The summed E-state index contributed by atoms with van der Waals surface area (Å²) in [5.41, 5.74) is 0. The molecule has 5 nitrogen and oxygen atoms in total. The highest BCUT2D eigenvalue weighted by Gasteiger charge is 2.23. The van der Waals surface area contributed by atoms with Crippen molar-refractivity contribution in [2.24, 2.45) is 0 Å². The van der Waals surface area contributed by atoms with E-state index >= 15 is 0 Å². The molecule has 1 aliphatic heterocycles. The molecule has 0 amide bonds. The minimum absolute atomic E-state index is 0.0509. The molecule has 1 atom stereocenters. The van der Waals surface area contributed by atoms with Crippen LogP contribution in [0.2, 0.25) is 0 Å². The van der Waals surface area contributed by atoms with E-state index in [1.807, 2.05) is 24.3 Å². The van der Waals surface area contributed by atoms with Gasteiger partial charge >= 0.3 is 0 Å². The minimum Gasteiger partial charge on any atom is -0.493 e. The number of hydrogen-bond donors (Lipinski definition) is 1. The number of benzene rings is 1. The van der Waals surface area contributed by atoms with Gasteiger partial charge in [-0.15, -0.1) is 0 Å². The van der Waals surface area contributed by atoms with Gasteiger partial charge in [0.25, 0.3) is 0 Å². The van der Waals surface area contributed by atoms with E-state index in [9.17, 15) is 8.42 Å². The van der Waals surface area contributed by atoms with Crippen molar-refractivity contribution in [1.82, 2.24) is 5.32 Å². The molecule has 0 spiro atoms. The third kappa shape index (κ3) is 4.38. The van der Waals surface area contributed by atoms with Gasteiger partial charge in [-0.1, -0.05) is 12.1 Å². The number of hydrogen-bond acceptors (Lipinski definition) is 5. The summed E-state index contributed by atoms with van der Waals surface area (Å²) in [4.78, 5) is 0. The van der Waals surface area contributed by atoms with Crippen LogP contribution in [0.4, 0.5) is 0 Å². The Morgan fingerprint density at radius 1 is 1.30 bits per heavy atom. The predicted molar refractivity (Wildman–Crippen MR) is 78.2 cm³/mol. The van der Waals surface area contributed by atoms with Gasteiger partial charge in [0.15, 0.2) is 21.3 Å². The molecule has 0 aromatic heterocycles. The highest BCUT2D eigenvalue weighted by Crippen LogP contribution is 2.25. The Bertz CT molecular complexity index is 530. The summed E-state index contributed by atoms with van der Waals surface area (Å²) in [5.74, 6) is 1.96. The quantitative estimate of drug-likeness (QED) is 0.801. The average molecular weight is 299 g/mol. The molecule has 0 bridgehead atoms. The van der Waals surface area contributed by atoms with Gasteiger partial charge in [-0.05, 0) is 25.0 Å². The predicted octanol–water partition coefficient (Wildman–Crippen LogP) is 1.24. The van der Waals surface area contributed by atoms with E-state index in [2.05, 4.69) is 5.32 Å². The maximum absolute atomic E-state index is 11.5. The van der Waals surface area contributed by atoms with Crippen LogP contribution in [0.1, 0.15) is 12.8 Å². The van der Waals surface area contributed by atoms with Crippen molar-refractivity contribution >= 4 is 9.84 Å². The van der Waals surface area contributed by atoms with Crippen molar-refractivity contribution in [2.45, 2.75) is 18.9 Å². The fourth-order valence-electron chi connectivity index (χ4n) is 2.35. The largest absolute Gasteiger partial charge is 0.493 e. The van der Waals surface area contributed by atoms with Gasteiger partial charge in [0.05, 0.1) is 18.6 Å². The fourth-order valence-corrected chi connectivity index (χ4v) is 4.02. The Hall–Kier alpha value is -1.27. The number of para-hydroxylation sites is 2. The van der Waals surface area contributed by atoms with E-state index in [4.69, 9.17) is 9.47 Å². The molecule has 1 saturated heterocycles. The van der Waals surface area contributed by atoms with E-state index in [0.29, 0.717) is 30.4 Å². The molecule has 0 saturated carbocycles. The van der Waals surface area contributed by atoms with Crippen LogP contribution in [0, 0.1) is 0 Å². The molecule has 1 aromatic carbocycles. The van der Waals surface area contributed by atoms with Crippen molar-refractivity contribution in [1.29, 1.82) is 0 Å². The molecule has 1 aliphatic rings. The van der Waals surface area contributed by atoms with Gasteiger partial charge in [0, 0.05) is 12.6 Å². The van der Waals surface area contributed by atoms with E-state index < -0.39 is 9.84 Å². The second kappa shape index (κ2) is 6.95. The van der Waals surface area contributed by atoms with Crippen LogP contribution in [-0.2, 0) is 9.84 Å². The molecule has 1 heterocycles. The topological polar surface area (TPSA) is 64.6 Å². The lowest BCUT2D eigenvalue weighted by molar-refractivity contribution is 0.285. The normalized spacial score (nSPS) is 21.4. The first-order chi connectivity index (χ1) is 9.61. The zero-order valence-corrected chi connectivity index (χ0v) is 12.5. The van der Waals surface area contributed by atoms with Gasteiger partial charge in [-0.2, -0.15) is 0 Å². The van der Waals surface area contributed by atoms with Gasteiger partial charge in [0.1, 0.15) is 6.61 Å². The summed E-state index contributed by atoms with van der Waals surface area (Å²) in [7, 11) is -1.25. The van der Waals surface area contributed by atoms with Crippen molar-refractivity contribution in [3.63, 3.8) is 0 Å². The van der Waals surface area contributed by atoms with Crippen molar-refractivity contribution in [3.05, 3.63) is 24.3 Å². The molecular weight excluding hydrogens is 278 g/mol. The lowest BCUT2D eigenvalue weighted by Crippen LogP contribution is -2.41. The van der Waals surface area contributed by atoms with Gasteiger partial charge in [0.2, 0.25) is 0 Å². The molecule has 20 heavy (non-hydrogen) atoms. The Morgan fingerprint density at radius 2 is 2.05 bits per heavy atom. The molecule has 2 rings (SSSR count). The maximum Gasteiger partial charge on any atom is 0.161 e. The highest BCUT2D eigenvalue weighted by atomic mass is 32.2. The van der Waals surface area contributed by atoms with Crippen molar-refractivity contribution in [2.75, 3.05) is 31.8 Å². The minimum atomic E-state index is -2.86. The highest BCUT2D eigenvalue weighted by molar-refractivity contribution is 7.91. The zero-order chi connectivity index (χ0) is 14.4. The number of rotatable bonds is 6. The Kier molecular flexibility index (Phi) is 5.25. The van der Waals surface area contributed by atoms with Gasteiger partial charge in [-0.3, -0.25) is 0 Å². The molecule has 1 unspecified atom stereocenters. The average Bonchev–Trinajstić information content (AvgIpc) is 2.43. The second-order valence-electron chi connectivity index (χ2n) is 4.91. The molecule has 0 radical (unpaired) electrons. The molecule has 1 fully saturated rings. The molecule has 1 aromatic rings. The number of methoxy groups -OCH3 is 1. The number of nitrogens with one attached hydrogen (secondary N) is 1. The smallest absolute Gasteiger partial charge is 0.161 e. The second-order valence-corrected chi connectivity index (χ2v) is 7.14. The van der Waals surface area contributed by atoms with Crippen molar-refractivity contribution in [3.8, 4) is 11.5 Å². The van der Waals surface area contributed by atoms with Crippen LogP contribution in [0.5, 0.6) is 11.5 Å². The van der Waals surface area contributed by atoms with E-state index in [1.54, 1.807) is 7.11 Å². The Labute approximate surface area is 120 Å². The van der Waals surface area contributed by atoms with Gasteiger partial charge in [-0.25, -0.2) is 8.42 Å². The van der Waals surface area contributed by atoms with Crippen LogP contribution in [0.25, 0.3) is 0 Å². The lowest BCUT2D eigenvalue weighted by Gasteiger charge is -2.23. The standard InChI is InChI=1S/C14H21NO4S/c1-18-13-6-2-3-7-14(13)19-9-8-15-12-5-4-10-20(16,17)11-12/h2-3,6-7,12,15H,4-5,8-11H2,1H3. The molecule has 6 heteroatoms. The van der Waals surface area contributed by atoms with Crippen LogP contribution < -0.4 is 14.8 Å². The van der Waals surface area contributed by atoms with Gasteiger partial charge < -0.3 is 14.8 Å². The summed E-state index contributed by atoms with van der Waals surface area (Å²) in [6, 6.07) is 7.52. The summed E-state index contributed by atoms with van der Waals surface area (Å²) < 4.78 is 33.9. The first kappa shape index (κ1) is 15.1. The molecular formula is C14H21NO4S. The van der Waals surface area contributed by atoms with Crippen LogP contribution >= 0.6 is 0 Å². The first-order valence-corrected chi connectivity index (χ1v) is 8.62. The molecule has 1 N–H and O–H groups in total. The zero-order valence-electron chi connectivity index (χ0n) is 11.7. The summed E-state index contributed by atoms with van der Waals surface area (Å²) >= 11 is 0. The summed E-state index contributed by atoms with van der Waals surface area (Å²) in [6.07, 6.45) is 1.65. The van der Waals surface area contributed by atoms with Crippen LogP contribution in [0.3, 0.4) is 0 Å². The monoisotopic (exact) mass is 299 g/mol. The fraction of sp³-hybridized carbons (Fsp3) is 0.571.